The lowest BCUT2D eigenvalue weighted by atomic mass is 9.83. The van der Waals surface area contributed by atoms with Crippen LogP contribution in [-0.2, 0) is 0 Å². The number of Topliss-reactive ketones (excluding diaryl/α,β-unsaturated/α-hetero) is 1. The predicted molar refractivity (Wildman–Crippen MR) is 79.8 cm³/mol. The summed E-state index contributed by atoms with van der Waals surface area (Å²) in [5, 5.41) is 3.29. The van der Waals surface area contributed by atoms with Crippen LogP contribution in [-0.4, -0.2) is 24.5 Å². The maximum absolute atomic E-state index is 12.1. The van der Waals surface area contributed by atoms with E-state index in [9.17, 15) is 4.79 Å². The second-order valence-corrected chi connectivity index (χ2v) is 4.89. The topological polar surface area (TPSA) is 64.3 Å². The fraction of sp³-hybridized carbons (Fsp3) is 0.462. The van der Waals surface area contributed by atoms with E-state index in [0.717, 1.165) is 25.9 Å². The molecule has 0 unspecified atom stereocenters. The lowest BCUT2D eigenvalue weighted by Crippen LogP contribution is -2.49. The zero-order chi connectivity index (χ0) is 11.9. The molecule has 0 aromatic heterocycles. The largest absolute Gasteiger partial charge is 0.486 e. The molecule has 0 bridgehead atoms. The molecule has 3 N–H and O–H groups in total. The average Bonchev–Trinajstić information content (AvgIpc) is 2.29. The molecule has 1 aromatic rings. The van der Waals surface area contributed by atoms with Crippen LogP contribution in [0, 0.1) is 0 Å². The van der Waals surface area contributed by atoms with E-state index in [1.54, 1.807) is 18.2 Å². The maximum Gasteiger partial charge on any atom is 0.170 e. The number of hydrogen-bond acceptors (Lipinski definition) is 4. The lowest BCUT2D eigenvalue weighted by Gasteiger charge is -2.40. The molecule has 0 saturated carbocycles. The summed E-state index contributed by atoms with van der Waals surface area (Å²) in [7, 11) is 0. The zero-order valence-corrected chi connectivity index (χ0v) is 12.1. The van der Waals surface area contributed by atoms with Crippen molar-refractivity contribution in [2.24, 2.45) is 0 Å². The number of carbonyl (C=O) groups is 1. The number of hydrogen-bond donors (Lipinski definition) is 2. The van der Waals surface area contributed by atoms with Gasteiger partial charge in [-0.3, -0.25) is 4.79 Å². The summed E-state index contributed by atoms with van der Waals surface area (Å²) in [5.41, 5.74) is 6.75. The molecule has 0 aliphatic carbocycles. The number of nitrogen functional groups attached to an aromatic ring is 1. The summed E-state index contributed by atoms with van der Waals surface area (Å²) in [5.74, 6) is 0.830. The van der Waals surface area contributed by atoms with Crippen molar-refractivity contribution in [3.63, 3.8) is 0 Å². The normalized spacial score (nSPS) is 19.7. The van der Waals surface area contributed by atoms with Crippen LogP contribution in [0.2, 0.25) is 0 Å². The fourth-order valence-corrected chi connectivity index (χ4v) is 2.67. The molecule has 1 saturated heterocycles. The molecule has 0 radical (unpaired) electrons. The highest BCUT2D eigenvalue weighted by Crippen LogP contribution is 2.38. The third-order valence-electron chi connectivity index (χ3n) is 3.63. The maximum atomic E-state index is 12.1. The van der Waals surface area contributed by atoms with Crippen molar-refractivity contribution >= 4 is 36.3 Å². The van der Waals surface area contributed by atoms with E-state index < -0.39 is 0 Å². The van der Waals surface area contributed by atoms with Crippen LogP contribution >= 0.6 is 24.8 Å². The lowest BCUT2D eigenvalue weighted by molar-refractivity contribution is 0.0188. The first-order valence-electron chi connectivity index (χ1n) is 6.01. The molecular weight excluding hydrogens is 287 g/mol. The van der Waals surface area contributed by atoms with Crippen LogP contribution in [0.1, 0.15) is 29.6 Å². The Kier molecular flexibility index (Phi) is 5.07. The Hall–Kier alpha value is -0.970. The SMILES string of the molecule is Cl.Cl.Nc1ccc2c(c1)OC1(CCNCC1)CC2=O. The molecule has 2 aliphatic heterocycles. The molecule has 1 aromatic carbocycles. The highest BCUT2D eigenvalue weighted by molar-refractivity contribution is 6.00. The monoisotopic (exact) mass is 304 g/mol. The van der Waals surface area contributed by atoms with Gasteiger partial charge in [0.15, 0.2) is 5.78 Å². The average molecular weight is 305 g/mol. The number of carbonyl (C=O) groups excluding carboxylic acids is 1. The molecule has 0 atom stereocenters. The summed E-state index contributed by atoms with van der Waals surface area (Å²) in [6.45, 7) is 1.82. The molecule has 4 nitrogen and oxygen atoms in total. The number of rotatable bonds is 0. The van der Waals surface area contributed by atoms with Crippen LogP contribution < -0.4 is 15.8 Å². The van der Waals surface area contributed by atoms with Crippen molar-refractivity contribution in [2.75, 3.05) is 18.8 Å². The molecule has 0 amide bonds. The first kappa shape index (κ1) is 16.1. The van der Waals surface area contributed by atoms with E-state index >= 15 is 0 Å². The minimum atomic E-state index is -0.302. The predicted octanol–water partition coefficient (Wildman–Crippen LogP) is 2.20. The van der Waals surface area contributed by atoms with Crippen LogP contribution in [0.4, 0.5) is 5.69 Å². The molecule has 1 fully saturated rings. The van der Waals surface area contributed by atoms with E-state index in [1.807, 2.05) is 0 Å². The van der Waals surface area contributed by atoms with Crippen LogP contribution in [0.25, 0.3) is 0 Å². The van der Waals surface area contributed by atoms with Crippen molar-refractivity contribution in [1.82, 2.24) is 5.32 Å². The molecule has 6 heteroatoms. The van der Waals surface area contributed by atoms with Crippen LogP contribution in [0.15, 0.2) is 18.2 Å². The van der Waals surface area contributed by atoms with Crippen molar-refractivity contribution in [3.8, 4) is 5.75 Å². The Balaban J connectivity index is 0.000000902. The van der Waals surface area contributed by atoms with E-state index in [1.165, 1.54) is 0 Å². The standard InChI is InChI=1S/C13H16N2O2.2ClH/c14-9-1-2-10-11(16)8-13(17-12(10)7-9)3-5-15-6-4-13;;/h1-2,7,15H,3-6,8,14H2;2*1H. The first-order valence-corrected chi connectivity index (χ1v) is 6.01. The molecule has 1 spiro atoms. The Morgan fingerprint density at radius 2 is 1.89 bits per heavy atom. The molecule has 2 heterocycles. The van der Waals surface area contributed by atoms with Crippen molar-refractivity contribution in [1.29, 1.82) is 0 Å². The smallest absolute Gasteiger partial charge is 0.170 e. The van der Waals surface area contributed by atoms with E-state index in [4.69, 9.17) is 10.5 Å². The highest BCUT2D eigenvalue weighted by Gasteiger charge is 2.41. The van der Waals surface area contributed by atoms with Crippen LogP contribution in [0.5, 0.6) is 5.75 Å². The summed E-state index contributed by atoms with van der Waals surface area (Å²) in [6, 6.07) is 5.28. The van der Waals surface area contributed by atoms with Gasteiger partial charge in [0.05, 0.1) is 12.0 Å². The summed E-state index contributed by atoms with van der Waals surface area (Å²) >= 11 is 0. The quantitative estimate of drug-likeness (QED) is 0.721. The first-order chi connectivity index (χ1) is 8.19. The number of nitrogens with two attached hydrogens (primary N) is 1. The number of benzene rings is 1. The zero-order valence-electron chi connectivity index (χ0n) is 10.5. The van der Waals surface area contributed by atoms with Crippen LogP contribution in [0.3, 0.4) is 0 Å². The van der Waals surface area contributed by atoms with Gasteiger partial charge in [-0.05, 0) is 25.2 Å². The second kappa shape index (κ2) is 5.99. The summed E-state index contributed by atoms with van der Waals surface area (Å²) in [4.78, 5) is 12.1. The number of halogens is 2. The third kappa shape index (κ3) is 2.96. The molecule has 19 heavy (non-hydrogen) atoms. The number of ether oxygens (including phenoxy) is 1. The fourth-order valence-electron chi connectivity index (χ4n) is 2.67. The van der Waals surface area contributed by atoms with E-state index in [-0.39, 0.29) is 36.2 Å². The number of piperidine rings is 1. The van der Waals surface area contributed by atoms with Gasteiger partial charge in [-0.25, -0.2) is 0 Å². The number of nitrogens with one attached hydrogen (secondary N) is 1. The molecule has 3 rings (SSSR count). The Bertz CT molecular complexity index is 474. The van der Waals surface area contributed by atoms with E-state index in [0.29, 0.717) is 23.4 Å². The van der Waals surface area contributed by atoms with Gasteiger partial charge in [0.1, 0.15) is 11.4 Å². The van der Waals surface area contributed by atoms with Gasteiger partial charge in [-0.15, -0.1) is 24.8 Å². The van der Waals surface area contributed by atoms with Gasteiger partial charge < -0.3 is 15.8 Å². The Morgan fingerprint density at radius 1 is 1.21 bits per heavy atom. The molecule has 106 valence electrons. The minimum absolute atomic E-state index is 0. The van der Waals surface area contributed by atoms with Crippen molar-refractivity contribution in [2.45, 2.75) is 24.9 Å². The summed E-state index contributed by atoms with van der Waals surface area (Å²) in [6.07, 6.45) is 2.26. The van der Waals surface area contributed by atoms with Gasteiger partial charge in [0, 0.05) is 24.6 Å². The van der Waals surface area contributed by atoms with Gasteiger partial charge in [-0.2, -0.15) is 0 Å². The van der Waals surface area contributed by atoms with Gasteiger partial charge in [0.2, 0.25) is 0 Å². The Morgan fingerprint density at radius 3 is 2.58 bits per heavy atom. The Labute approximate surface area is 124 Å². The number of anilines is 1. The number of fused-ring (bicyclic) bond motifs is 1. The highest BCUT2D eigenvalue weighted by atomic mass is 35.5. The number of ketones is 1. The molecule has 2 aliphatic rings. The van der Waals surface area contributed by atoms with Gasteiger partial charge >= 0.3 is 0 Å². The van der Waals surface area contributed by atoms with Crippen molar-refractivity contribution in [3.05, 3.63) is 23.8 Å². The van der Waals surface area contributed by atoms with Gasteiger partial charge in [0.25, 0.3) is 0 Å². The summed E-state index contributed by atoms with van der Waals surface area (Å²) < 4.78 is 6.07. The third-order valence-corrected chi connectivity index (χ3v) is 3.63. The molecular formula is C13H18Cl2N2O2. The van der Waals surface area contributed by atoms with Gasteiger partial charge in [-0.1, -0.05) is 0 Å². The van der Waals surface area contributed by atoms with Crippen molar-refractivity contribution < 1.29 is 9.53 Å². The minimum Gasteiger partial charge on any atom is -0.486 e. The van der Waals surface area contributed by atoms with E-state index in [2.05, 4.69) is 5.32 Å². The second-order valence-electron chi connectivity index (χ2n) is 4.89.